The number of nitrogens with zero attached hydrogens (tertiary/aromatic N) is 1. The third-order valence-corrected chi connectivity index (χ3v) is 4.14. The third-order valence-electron chi connectivity index (χ3n) is 4.14. The van der Waals surface area contributed by atoms with Crippen molar-refractivity contribution < 1.29 is 32.6 Å². The van der Waals surface area contributed by atoms with E-state index in [0.29, 0.717) is 25.9 Å². The molecule has 1 aliphatic heterocycles. The van der Waals surface area contributed by atoms with E-state index < -0.39 is 18.4 Å². The molecule has 0 bridgehead atoms. The molecule has 1 fully saturated rings. The second kappa shape index (κ2) is 8.88. The summed E-state index contributed by atoms with van der Waals surface area (Å²) in [7, 11) is 0. The highest BCUT2D eigenvalue weighted by atomic mass is 19.4. The summed E-state index contributed by atoms with van der Waals surface area (Å²) in [6.45, 7) is 0.907. The molecule has 0 radical (unpaired) electrons. The number of amides is 1. The Kier molecular flexibility index (Phi) is 6.84. The molecule has 1 unspecified atom stereocenters. The fraction of sp³-hybridized carbons (Fsp3) is 0.529. The maximum absolute atomic E-state index is 12.1. The number of likely N-dealkylation sites (tertiary alicyclic amines) is 1. The van der Waals surface area contributed by atoms with Gasteiger partial charge in [0.25, 0.3) is 0 Å². The van der Waals surface area contributed by atoms with Crippen LogP contribution in [0.4, 0.5) is 13.2 Å². The first-order valence-electron chi connectivity index (χ1n) is 8.33. The molecule has 1 aromatic carbocycles. The predicted octanol–water partition coefficient (Wildman–Crippen LogP) is 2.18. The average molecular weight is 374 g/mol. The van der Waals surface area contributed by atoms with Crippen molar-refractivity contribution in [2.24, 2.45) is 0 Å². The lowest BCUT2D eigenvalue weighted by atomic mass is 10.0. The van der Waals surface area contributed by atoms with Gasteiger partial charge in [-0.15, -0.1) is 13.2 Å². The van der Waals surface area contributed by atoms with Crippen LogP contribution >= 0.6 is 0 Å². The third kappa shape index (κ3) is 6.55. The number of carboxylic acid groups (broad SMARTS) is 1. The molecule has 9 heteroatoms. The van der Waals surface area contributed by atoms with E-state index in [0.717, 1.165) is 18.4 Å². The average Bonchev–Trinajstić information content (AvgIpc) is 2.55. The van der Waals surface area contributed by atoms with Crippen LogP contribution in [-0.2, 0) is 16.0 Å². The number of carbonyl (C=O) groups excluding carboxylic acids is 1. The van der Waals surface area contributed by atoms with Crippen molar-refractivity contribution in [2.75, 3.05) is 19.6 Å². The predicted molar refractivity (Wildman–Crippen MR) is 86.7 cm³/mol. The minimum absolute atomic E-state index is 0.0231. The summed E-state index contributed by atoms with van der Waals surface area (Å²) in [5.41, 5.74) is 0.751. The molecule has 1 aliphatic rings. The normalized spacial score (nSPS) is 18.3. The second-order valence-electron chi connectivity index (χ2n) is 6.11. The summed E-state index contributed by atoms with van der Waals surface area (Å²) >= 11 is 0. The Hall–Kier alpha value is -2.29. The molecule has 6 nitrogen and oxygen atoms in total. The van der Waals surface area contributed by atoms with Crippen LogP contribution in [0.5, 0.6) is 5.75 Å². The van der Waals surface area contributed by atoms with E-state index >= 15 is 0 Å². The SMILES string of the molecule is O=C(CN1CCCCC1C(=O)O)NCCc1ccc(OC(F)(F)F)cc1. The molecule has 1 saturated heterocycles. The first kappa shape index (κ1) is 20.0. The Bertz CT molecular complexity index is 619. The number of nitrogens with one attached hydrogen (secondary N) is 1. The Morgan fingerprint density at radius 3 is 2.54 bits per heavy atom. The molecule has 1 atom stereocenters. The van der Waals surface area contributed by atoms with Crippen LogP contribution in [-0.4, -0.2) is 53.9 Å². The van der Waals surface area contributed by atoms with E-state index in [4.69, 9.17) is 0 Å². The summed E-state index contributed by atoms with van der Waals surface area (Å²) < 4.78 is 40.1. The molecule has 0 saturated carbocycles. The number of halogens is 3. The monoisotopic (exact) mass is 374 g/mol. The standard InChI is InChI=1S/C17H21F3N2O4/c18-17(19,20)26-13-6-4-12(5-7-13)8-9-21-15(23)11-22-10-2-1-3-14(22)16(24)25/h4-7,14H,1-3,8-11H2,(H,21,23)(H,24,25). The van der Waals surface area contributed by atoms with Crippen LogP contribution in [0.15, 0.2) is 24.3 Å². The lowest BCUT2D eigenvalue weighted by Gasteiger charge is -2.32. The van der Waals surface area contributed by atoms with Crippen molar-refractivity contribution in [1.29, 1.82) is 0 Å². The molecule has 0 aliphatic carbocycles. The smallest absolute Gasteiger partial charge is 0.480 e. The summed E-state index contributed by atoms with van der Waals surface area (Å²) in [6, 6.07) is 4.80. The van der Waals surface area contributed by atoms with Crippen molar-refractivity contribution in [3.05, 3.63) is 29.8 Å². The molecule has 2 rings (SSSR count). The van der Waals surface area contributed by atoms with Gasteiger partial charge in [-0.3, -0.25) is 14.5 Å². The number of alkyl halides is 3. The number of carboxylic acids is 1. The minimum atomic E-state index is -4.72. The highest BCUT2D eigenvalue weighted by molar-refractivity contribution is 5.80. The number of piperidine rings is 1. The molecule has 1 amide bonds. The van der Waals surface area contributed by atoms with Gasteiger partial charge < -0.3 is 15.2 Å². The topological polar surface area (TPSA) is 78.9 Å². The largest absolute Gasteiger partial charge is 0.573 e. The van der Waals surface area contributed by atoms with Gasteiger partial charge in [0.1, 0.15) is 11.8 Å². The quantitative estimate of drug-likeness (QED) is 0.765. The number of carbonyl (C=O) groups is 2. The van der Waals surface area contributed by atoms with Crippen LogP contribution < -0.4 is 10.1 Å². The maximum atomic E-state index is 12.1. The van der Waals surface area contributed by atoms with Crippen LogP contribution in [0, 0.1) is 0 Å². The number of hydrogen-bond donors (Lipinski definition) is 2. The van der Waals surface area contributed by atoms with Gasteiger partial charge >= 0.3 is 12.3 Å². The first-order chi connectivity index (χ1) is 12.2. The Labute approximate surface area is 148 Å². The number of ether oxygens (including phenoxy) is 1. The van der Waals surface area contributed by atoms with E-state index in [1.807, 2.05) is 0 Å². The van der Waals surface area contributed by atoms with Crippen LogP contribution in [0.3, 0.4) is 0 Å². The minimum Gasteiger partial charge on any atom is -0.480 e. The summed E-state index contributed by atoms with van der Waals surface area (Å²) in [5, 5.41) is 11.9. The Morgan fingerprint density at radius 2 is 1.92 bits per heavy atom. The van der Waals surface area contributed by atoms with E-state index in [9.17, 15) is 27.9 Å². The van der Waals surface area contributed by atoms with E-state index in [2.05, 4.69) is 10.1 Å². The van der Waals surface area contributed by atoms with E-state index in [-0.39, 0.29) is 18.2 Å². The molecule has 144 valence electrons. The molecule has 1 heterocycles. The van der Waals surface area contributed by atoms with Gasteiger partial charge in [0.15, 0.2) is 0 Å². The molecule has 1 aromatic rings. The van der Waals surface area contributed by atoms with Crippen molar-refractivity contribution in [1.82, 2.24) is 10.2 Å². The number of rotatable bonds is 7. The van der Waals surface area contributed by atoms with Crippen LogP contribution in [0.25, 0.3) is 0 Å². The van der Waals surface area contributed by atoms with Gasteiger partial charge in [-0.1, -0.05) is 18.6 Å². The van der Waals surface area contributed by atoms with E-state index in [1.54, 1.807) is 4.90 Å². The molecule has 0 spiro atoms. The molecule has 0 aromatic heterocycles. The van der Waals surface area contributed by atoms with Gasteiger partial charge in [0, 0.05) is 6.54 Å². The number of hydrogen-bond acceptors (Lipinski definition) is 4. The zero-order valence-electron chi connectivity index (χ0n) is 14.1. The molecular weight excluding hydrogens is 353 g/mol. The number of aliphatic carboxylic acids is 1. The Balaban J connectivity index is 1.75. The highest BCUT2D eigenvalue weighted by Crippen LogP contribution is 2.22. The van der Waals surface area contributed by atoms with Gasteiger partial charge in [-0.2, -0.15) is 0 Å². The zero-order chi connectivity index (χ0) is 19.2. The van der Waals surface area contributed by atoms with Crippen LogP contribution in [0.2, 0.25) is 0 Å². The van der Waals surface area contributed by atoms with Crippen molar-refractivity contribution >= 4 is 11.9 Å². The molecule has 26 heavy (non-hydrogen) atoms. The van der Waals surface area contributed by atoms with Gasteiger partial charge in [-0.05, 0) is 43.5 Å². The Morgan fingerprint density at radius 1 is 1.23 bits per heavy atom. The van der Waals surface area contributed by atoms with Crippen molar-refractivity contribution in [3.8, 4) is 5.75 Å². The van der Waals surface area contributed by atoms with Gasteiger partial charge in [-0.25, -0.2) is 0 Å². The van der Waals surface area contributed by atoms with E-state index in [1.165, 1.54) is 24.3 Å². The zero-order valence-corrected chi connectivity index (χ0v) is 14.1. The molecular formula is C17H21F3N2O4. The lowest BCUT2D eigenvalue weighted by Crippen LogP contribution is -2.49. The van der Waals surface area contributed by atoms with Crippen LogP contribution in [0.1, 0.15) is 24.8 Å². The van der Waals surface area contributed by atoms with Gasteiger partial charge in [0.05, 0.1) is 6.54 Å². The van der Waals surface area contributed by atoms with Crippen molar-refractivity contribution in [2.45, 2.75) is 38.1 Å². The maximum Gasteiger partial charge on any atom is 0.573 e. The fourth-order valence-corrected chi connectivity index (χ4v) is 2.90. The summed E-state index contributed by atoms with van der Waals surface area (Å²) in [6.07, 6.45) is -2.04. The highest BCUT2D eigenvalue weighted by Gasteiger charge is 2.31. The fourth-order valence-electron chi connectivity index (χ4n) is 2.90. The lowest BCUT2D eigenvalue weighted by molar-refractivity contribution is -0.274. The first-order valence-corrected chi connectivity index (χ1v) is 8.33. The van der Waals surface area contributed by atoms with Crippen molar-refractivity contribution in [3.63, 3.8) is 0 Å². The van der Waals surface area contributed by atoms with Gasteiger partial charge in [0.2, 0.25) is 5.91 Å². The summed E-state index contributed by atoms with van der Waals surface area (Å²) in [4.78, 5) is 24.9. The molecule has 2 N–H and O–H groups in total. The summed E-state index contributed by atoms with van der Waals surface area (Å²) in [5.74, 6) is -1.48. The number of benzene rings is 1. The second-order valence-corrected chi connectivity index (χ2v) is 6.11.